The largest absolute Gasteiger partial charge is 0.264 e. The average molecular weight is 106 g/mol. The Kier molecular flexibility index (Phi) is 2.26. The number of nitro groups is 1. The molecule has 0 saturated heterocycles. The van der Waals surface area contributed by atoms with Gasteiger partial charge in [0.1, 0.15) is 0 Å². The van der Waals surface area contributed by atoms with Crippen molar-refractivity contribution in [1.82, 2.24) is 0 Å². The van der Waals surface area contributed by atoms with Gasteiger partial charge in [0.05, 0.1) is 0 Å². The molecule has 0 aliphatic heterocycles. The van der Waals surface area contributed by atoms with Gasteiger partial charge >= 0.3 is 0 Å². The Balaban J connectivity index is 3.34. The van der Waals surface area contributed by atoms with Crippen molar-refractivity contribution in [1.29, 1.82) is 0 Å². The maximum Gasteiger partial charge on any atom is 0.241 e. The summed E-state index contributed by atoms with van der Waals surface area (Å²) >= 11 is 0. The van der Waals surface area contributed by atoms with E-state index in [0.717, 1.165) is 0 Å². The van der Waals surface area contributed by atoms with Crippen LogP contribution in [0.3, 0.4) is 0 Å². The van der Waals surface area contributed by atoms with Crippen LogP contribution in [-0.4, -0.2) is 17.6 Å². The number of halogens is 1. The fraction of sp³-hybridized carbons (Fsp3) is 0.667. The first-order valence-corrected chi connectivity index (χ1v) is 1.71. The minimum Gasteiger partial charge on any atom is -0.264 e. The average Bonchev–Trinajstić information content (AvgIpc) is 1.65. The van der Waals surface area contributed by atoms with Gasteiger partial charge in [-0.15, -0.1) is 0 Å². The normalized spacial score (nSPS) is 13.4. The van der Waals surface area contributed by atoms with Gasteiger partial charge in [-0.25, -0.2) is 4.39 Å². The van der Waals surface area contributed by atoms with E-state index >= 15 is 0 Å². The number of nitrogens with zero attached hydrogens (tertiary/aromatic N) is 1. The Morgan fingerprint density at radius 1 is 2.00 bits per heavy atom. The lowest BCUT2D eigenvalue weighted by Gasteiger charge is -1.92. The molecule has 0 fully saturated rings. The summed E-state index contributed by atoms with van der Waals surface area (Å²) in [6.45, 7) is 1.89. The third-order valence-electron chi connectivity index (χ3n) is 0.476. The second-order valence-corrected chi connectivity index (χ2v) is 1.09. The number of rotatable bonds is 2. The van der Waals surface area contributed by atoms with Crippen molar-refractivity contribution in [2.45, 2.75) is 6.04 Å². The maximum atomic E-state index is 11.1. The van der Waals surface area contributed by atoms with Crippen LogP contribution in [-0.2, 0) is 0 Å². The minimum atomic E-state index is -1.29. The molecule has 0 aliphatic carbocycles. The molecule has 1 radical (unpaired) electrons. The topological polar surface area (TPSA) is 43.1 Å². The van der Waals surface area contributed by atoms with Crippen LogP contribution in [0.2, 0.25) is 0 Å². The molecule has 4 heteroatoms. The molecule has 0 bridgehead atoms. The highest BCUT2D eigenvalue weighted by Gasteiger charge is 2.09. The summed E-state index contributed by atoms with van der Waals surface area (Å²) in [6, 6.07) is -1.29. The predicted molar refractivity (Wildman–Crippen MR) is 22.1 cm³/mol. The highest BCUT2D eigenvalue weighted by molar-refractivity contribution is 4.53. The monoisotopic (exact) mass is 106 g/mol. The van der Waals surface area contributed by atoms with E-state index < -0.39 is 17.6 Å². The van der Waals surface area contributed by atoms with Gasteiger partial charge in [-0.05, 0) is 0 Å². The zero-order valence-electron chi connectivity index (χ0n) is 3.63. The van der Waals surface area contributed by atoms with Gasteiger partial charge in [-0.2, -0.15) is 0 Å². The summed E-state index contributed by atoms with van der Waals surface area (Å²) in [6.07, 6.45) is 0. The lowest BCUT2D eigenvalue weighted by atomic mass is 10.4. The Bertz CT molecular complexity index is 75.3. The summed E-state index contributed by atoms with van der Waals surface area (Å²) in [4.78, 5) is 8.67. The molecule has 1 atom stereocenters. The van der Waals surface area contributed by atoms with Gasteiger partial charge in [0.15, 0.2) is 6.67 Å². The number of hydrogen-bond acceptors (Lipinski definition) is 2. The zero-order chi connectivity index (χ0) is 5.86. The molecular formula is C3H5FNO2. The van der Waals surface area contributed by atoms with E-state index in [1.54, 1.807) is 0 Å². The second kappa shape index (κ2) is 2.49. The first-order chi connectivity index (χ1) is 3.18. The van der Waals surface area contributed by atoms with Crippen molar-refractivity contribution >= 4 is 0 Å². The number of hydrogen-bond donors (Lipinski definition) is 0. The highest BCUT2D eigenvalue weighted by Crippen LogP contribution is 1.85. The molecule has 0 aromatic rings. The van der Waals surface area contributed by atoms with Crippen LogP contribution < -0.4 is 0 Å². The van der Waals surface area contributed by atoms with E-state index in [1.165, 1.54) is 0 Å². The van der Waals surface area contributed by atoms with E-state index in [1.807, 2.05) is 0 Å². The molecule has 0 aromatic heterocycles. The molecule has 0 aliphatic rings. The van der Waals surface area contributed by atoms with Crippen LogP contribution in [0.25, 0.3) is 0 Å². The summed E-state index contributed by atoms with van der Waals surface area (Å²) in [7, 11) is 0. The molecule has 0 heterocycles. The van der Waals surface area contributed by atoms with E-state index in [9.17, 15) is 14.5 Å². The van der Waals surface area contributed by atoms with Gasteiger partial charge in [-0.1, -0.05) is 0 Å². The molecule has 41 valence electrons. The molecule has 0 rings (SSSR count). The summed E-state index contributed by atoms with van der Waals surface area (Å²) in [5, 5.41) is 9.43. The standard InChI is InChI=1S/C3H5FNO2/c1-3(2-4)5(6)7/h3H,1-2H2. The molecular weight excluding hydrogens is 101 g/mol. The third-order valence-corrected chi connectivity index (χ3v) is 0.476. The summed E-state index contributed by atoms with van der Waals surface area (Å²) in [5.74, 6) is 0. The lowest BCUT2D eigenvalue weighted by Crippen LogP contribution is -2.16. The molecule has 1 unspecified atom stereocenters. The molecule has 0 spiro atoms. The fourth-order valence-corrected chi connectivity index (χ4v) is 0.0563. The van der Waals surface area contributed by atoms with Crippen molar-refractivity contribution in [3.05, 3.63) is 17.0 Å². The molecule has 0 saturated carbocycles. The van der Waals surface area contributed by atoms with Gasteiger partial charge in [0.25, 0.3) is 0 Å². The van der Waals surface area contributed by atoms with E-state index in [-0.39, 0.29) is 0 Å². The molecule has 3 nitrogen and oxygen atoms in total. The van der Waals surface area contributed by atoms with Gasteiger partial charge < -0.3 is 0 Å². The Morgan fingerprint density at radius 3 is 2.43 bits per heavy atom. The van der Waals surface area contributed by atoms with Crippen LogP contribution in [0.1, 0.15) is 0 Å². The van der Waals surface area contributed by atoms with Crippen LogP contribution in [0.4, 0.5) is 4.39 Å². The van der Waals surface area contributed by atoms with Crippen LogP contribution >= 0.6 is 0 Å². The predicted octanol–water partition coefficient (Wildman–Crippen LogP) is 0.435. The van der Waals surface area contributed by atoms with Crippen LogP contribution in [0, 0.1) is 17.0 Å². The zero-order valence-corrected chi connectivity index (χ0v) is 3.63. The van der Waals surface area contributed by atoms with Crippen molar-refractivity contribution in [3.63, 3.8) is 0 Å². The number of alkyl halides is 1. The Hall–Kier alpha value is -0.670. The van der Waals surface area contributed by atoms with Gasteiger partial charge in [0.2, 0.25) is 6.04 Å². The Labute approximate surface area is 40.3 Å². The smallest absolute Gasteiger partial charge is 0.241 e. The van der Waals surface area contributed by atoms with Crippen molar-refractivity contribution in [3.8, 4) is 0 Å². The van der Waals surface area contributed by atoms with Crippen molar-refractivity contribution < 1.29 is 9.31 Å². The van der Waals surface area contributed by atoms with Gasteiger partial charge in [0, 0.05) is 11.8 Å². The fourth-order valence-electron chi connectivity index (χ4n) is 0.0563. The molecule has 7 heavy (non-hydrogen) atoms. The lowest BCUT2D eigenvalue weighted by molar-refractivity contribution is -0.511. The van der Waals surface area contributed by atoms with Gasteiger partial charge in [-0.3, -0.25) is 10.1 Å². The Morgan fingerprint density at radius 2 is 2.43 bits per heavy atom. The van der Waals surface area contributed by atoms with Crippen molar-refractivity contribution in [2.24, 2.45) is 0 Å². The second-order valence-electron chi connectivity index (χ2n) is 1.09. The minimum absolute atomic E-state index is 0.764. The van der Waals surface area contributed by atoms with E-state index in [0.29, 0.717) is 0 Å². The molecule has 0 N–H and O–H groups in total. The van der Waals surface area contributed by atoms with Crippen molar-refractivity contribution in [2.75, 3.05) is 6.67 Å². The summed E-state index contributed by atoms with van der Waals surface area (Å²) < 4.78 is 11.1. The molecule has 0 aromatic carbocycles. The molecule has 0 amide bonds. The first-order valence-electron chi connectivity index (χ1n) is 1.71. The maximum absolute atomic E-state index is 11.1. The quantitative estimate of drug-likeness (QED) is 0.378. The first kappa shape index (κ1) is 6.33. The van der Waals surface area contributed by atoms with Crippen LogP contribution in [0.5, 0.6) is 0 Å². The summed E-state index contributed by atoms with van der Waals surface area (Å²) in [5.41, 5.74) is 0. The van der Waals surface area contributed by atoms with E-state index in [4.69, 9.17) is 0 Å². The highest BCUT2D eigenvalue weighted by atomic mass is 19.1. The SMILES string of the molecule is [CH2]C(CF)[N+](=O)[O-]. The van der Waals surface area contributed by atoms with Crippen LogP contribution in [0.15, 0.2) is 0 Å². The van der Waals surface area contributed by atoms with E-state index in [2.05, 4.69) is 6.92 Å². The third kappa shape index (κ3) is 2.08.